The molecule has 0 aliphatic rings. The van der Waals surface area contributed by atoms with Gasteiger partial charge in [0.05, 0.1) is 0 Å². The van der Waals surface area contributed by atoms with E-state index in [0.717, 1.165) is 10.0 Å². The quantitative estimate of drug-likeness (QED) is 0.369. The Kier molecular flexibility index (Phi) is 8.55. The summed E-state index contributed by atoms with van der Waals surface area (Å²) in [5.74, 6) is 0. The average molecular weight is 457 g/mol. The Hall–Kier alpha value is 0.0587. The number of hydrogen-bond acceptors (Lipinski definition) is 4. The van der Waals surface area contributed by atoms with Gasteiger partial charge < -0.3 is 0 Å². The van der Waals surface area contributed by atoms with E-state index in [1.165, 1.54) is 51.8 Å². The van der Waals surface area contributed by atoms with E-state index in [1.54, 1.807) is 14.2 Å². The first kappa shape index (κ1) is 19.4. The standard InChI is InChI=1S/C6H3N2S2.3C4H9.Sn/c1-3-9-5(7-1)6-8-2-4-10-6;3*1-3-4-2;/h1-3H;3*1,3-4H2,2H3;. The van der Waals surface area contributed by atoms with Crippen LogP contribution in [0.25, 0.3) is 10.0 Å². The van der Waals surface area contributed by atoms with Crippen LogP contribution in [0.2, 0.25) is 13.3 Å². The Morgan fingerprint density at radius 2 is 1.48 bits per heavy atom. The maximum absolute atomic E-state index is 4.77. The van der Waals surface area contributed by atoms with E-state index in [1.807, 2.05) is 17.5 Å². The van der Waals surface area contributed by atoms with Crippen LogP contribution in [-0.2, 0) is 0 Å². The molecule has 0 radical (unpaired) electrons. The van der Waals surface area contributed by atoms with Crippen LogP contribution in [0.4, 0.5) is 0 Å². The molecule has 0 bridgehead atoms. The van der Waals surface area contributed by atoms with Crippen molar-refractivity contribution < 1.29 is 0 Å². The molecule has 2 aromatic rings. The Bertz CT molecular complexity index is 529. The van der Waals surface area contributed by atoms with Crippen LogP contribution in [0.1, 0.15) is 59.3 Å². The fourth-order valence-electron chi connectivity index (χ4n) is 3.24. The van der Waals surface area contributed by atoms with Crippen LogP contribution in [-0.4, -0.2) is 28.3 Å². The summed E-state index contributed by atoms with van der Waals surface area (Å²) in [7, 11) is 0. The minimum atomic E-state index is -2.28. The molecule has 0 amide bonds. The molecule has 0 atom stereocenters. The van der Waals surface area contributed by atoms with Crippen molar-refractivity contribution in [3.05, 3.63) is 17.8 Å². The molecule has 2 nitrogen and oxygen atoms in total. The van der Waals surface area contributed by atoms with E-state index < -0.39 is 18.4 Å². The predicted molar refractivity (Wildman–Crippen MR) is 108 cm³/mol. The summed E-state index contributed by atoms with van der Waals surface area (Å²) < 4.78 is 6.26. The van der Waals surface area contributed by atoms with Gasteiger partial charge in [0, 0.05) is 0 Å². The first-order valence-corrected chi connectivity index (χ1v) is 18.3. The molecule has 0 spiro atoms. The zero-order valence-electron chi connectivity index (χ0n) is 14.8. The Labute approximate surface area is 153 Å². The molecule has 0 aromatic carbocycles. The van der Waals surface area contributed by atoms with Gasteiger partial charge in [-0.15, -0.1) is 0 Å². The molecule has 0 unspecified atom stereocenters. The SMILES string of the molecule is CCC[CH2][Sn]([CH2]CCC)([CH2]CCC)[c]1cnc(-c2nccs2)s1. The Morgan fingerprint density at radius 1 is 0.870 bits per heavy atom. The number of aromatic nitrogens is 2. The summed E-state index contributed by atoms with van der Waals surface area (Å²) in [6.07, 6.45) is 12.4. The third-order valence-electron chi connectivity index (χ3n) is 4.67. The molecule has 0 aliphatic heterocycles. The Morgan fingerprint density at radius 3 is 1.96 bits per heavy atom. The van der Waals surface area contributed by atoms with Crippen LogP contribution in [0, 0.1) is 0 Å². The van der Waals surface area contributed by atoms with Gasteiger partial charge in [0.15, 0.2) is 0 Å². The number of unbranched alkanes of at least 4 members (excludes halogenated alkanes) is 3. The number of thiazole rings is 2. The third kappa shape index (κ3) is 5.26. The monoisotopic (exact) mass is 458 g/mol. The van der Waals surface area contributed by atoms with E-state index in [0.29, 0.717) is 0 Å². The van der Waals surface area contributed by atoms with Gasteiger partial charge in [-0.1, -0.05) is 0 Å². The molecule has 23 heavy (non-hydrogen) atoms. The van der Waals surface area contributed by atoms with Crippen molar-refractivity contribution >= 4 is 43.9 Å². The normalized spacial score (nSPS) is 12.0. The van der Waals surface area contributed by atoms with E-state index in [9.17, 15) is 0 Å². The van der Waals surface area contributed by atoms with Gasteiger partial charge in [-0.05, 0) is 0 Å². The van der Waals surface area contributed by atoms with Crippen molar-refractivity contribution in [1.82, 2.24) is 9.97 Å². The first-order valence-electron chi connectivity index (χ1n) is 9.12. The van der Waals surface area contributed by atoms with E-state index in [2.05, 4.69) is 37.3 Å². The van der Waals surface area contributed by atoms with Crippen molar-refractivity contribution in [1.29, 1.82) is 0 Å². The Balaban J connectivity index is 2.29. The van der Waals surface area contributed by atoms with Crippen molar-refractivity contribution in [3.63, 3.8) is 0 Å². The molecule has 0 N–H and O–H groups in total. The van der Waals surface area contributed by atoms with Crippen molar-refractivity contribution in [3.8, 4) is 10.0 Å². The van der Waals surface area contributed by atoms with Gasteiger partial charge in [0.2, 0.25) is 0 Å². The van der Waals surface area contributed by atoms with Crippen molar-refractivity contribution in [2.75, 3.05) is 0 Å². The van der Waals surface area contributed by atoms with Gasteiger partial charge in [0.25, 0.3) is 0 Å². The van der Waals surface area contributed by atoms with Crippen LogP contribution >= 0.6 is 22.7 Å². The van der Waals surface area contributed by atoms with E-state index >= 15 is 0 Å². The number of rotatable bonds is 11. The van der Waals surface area contributed by atoms with Gasteiger partial charge in [-0.3, -0.25) is 0 Å². The average Bonchev–Trinajstić information content (AvgIpc) is 3.25. The van der Waals surface area contributed by atoms with E-state index in [4.69, 9.17) is 4.98 Å². The summed E-state index contributed by atoms with van der Waals surface area (Å²) in [4.78, 5) is 9.23. The van der Waals surface area contributed by atoms with Gasteiger partial charge in [-0.25, -0.2) is 0 Å². The topological polar surface area (TPSA) is 25.8 Å². The fourth-order valence-corrected chi connectivity index (χ4v) is 23.6. The van der Waals surface area contributed by atoms with Gasteiger partial charge in [0.1, 0.15) is 0 Å². The minimum absolute atomic E-state index is 1.10. The molecule has 0 saturated carbocycles. The number of hydrogen-bond donors (Lipinski definition) is 0. The molecular weight excluding hydrogens is 427 g/mol. The molecule has 128 valence electrons. The second-order valence-corrected chi connectivity index (χ2v) is 22.5. The summed E-state index contributed by atoms with van der Waals surface area (Å²) >= 11 is 1.41. The van der Waals surface area contributed by atoms with Crippen LogP contribution in [0.15, 0.2) is 17.8 Å². The molecule has 0 fully saturated rings. The zero-order chi connectivity index (χ0) is 16.5. The van der Waals surface area contributed by atoms with Gasteiger partial charge >= 0.3 is 154 Å². The van der Waals surface area contributed by atoms with Crippen LogP contribution in [0.3, 0.4) is 0 Å². The summed E-state index contributed by atoms with van der Waals surface area (Å²) in [6.45, 7) is 7.01. The molecule has 2 heterocycles. The molecule has 0 aliphatic carbocycles. The van der Waals surface area contributed by atoms with Gasteiger partial charge in [-0.2, -0.15) is 0 Å². The summed E-state index contributed by atoms with van der Waals surface area (Å²) in [6, 6.07) is 0. The molecule has 0 saturated heterocycles. The van der Waals surface area contributed by atoms with Crippen LogP contribution < -0.4 is 2.89 Å². The maximum atomic E-state index is 4.77. The third-order valence-corrected chi connectivity index (χ3v) is 24.7. The van der Waals surface area contributed by atoms with E-state index in [-0.39, 0.29) is 0 Å². The molecule has 2 aromatic heterocycles. The summed E-state index contributed by atoms with van der Waals surface area (Å²) in [5, 5.41) is 4.31. The first-order chi connectivity index (χ1) is 11.3. The van der Waals surface area contributed by atoms with Crippen molar-refractivity contribution in [2.45, 2.75) is 72.6 Å². The second-order valence-electron chi connectivity index (χ2n) is 6.46. The number of nitrogens with zero attached hydrogens (tertiary/aromatic N) is 2. The predicted octanol–water partition coefficient (Wildman–Crippen LogP) is 6.32. The second kappa shape index (κ2) is 10.1. The van der Waals surface area contributed by atoms with Crippen LogP contribution in [0.5, 0.6) is 0 Å². The zero-order valence-corrected chi connectivity index (χ0v) is 19.3. The molecular formula is C18H30N2S2Sn. The molecule has 5 heteroatoms. The summed E-state index contributed by atoms with van der Waals surface area (Å²) in [5.41, 5.74) is 0. The fraction of sp³-hybridized carbons (Fsp3) is 0.667. The van der Waals surface area contributed by atoms with Crippen molar-refractivity contribution in [2.24, 2.45) is 0 Å². The molecule has 2 rings (SSSR count).